The van der Waals surface area contributed by atoms with Crippen LogP contribution >= 0.6 is 0 Å². The highest BCUT2D eigenvalue weighted by atomic mass is 16.5. The Morgan fingerprint density at radius 1 is 1.24 bits per heavy atom. The third-order valence-electron chi connectivity index (χ3n) is 5.41. The van der Waals surface area contributed by atoms with Gasteiger partial charge in [0.15, 0.2) is 0 Å². The molecule has 3 unspecified atom stereocenters. The maximum absolute atomic E-state index is 12.5. The van der Waals surface area contributed by atoms with Crippen molar-refractivity contribution in [2.24, 2.45) is 11.8 Å². The molecule has 4 rings (SSSR count). The van der Waals surface area contributed by atoms with E-state index in [0.29, 0.717) is 19.8 Å². The number of para-hydroxylation sites is 1. The molecule has 0 radical (unpaired) electrons. The zero-order valence-corrected chi connectivity index (χ0v) is 14.0. The Balaban J connectivity index is 1.58. The van der Waals surface area contributed by atoms with Gasteiger partial charge in [-0.15, -0.1) is 0 Å². The van der Waals surface area contributed by atoms with Crippen molar-refractivity contribution in [2.45, 2.75) is 31.1 Å². The lowest BCUT2D eigenvalue weighted by molar-refractivity contribution is -0.128. The number of nitrogens with one attached hydrogen (secondary N) is 3. The quantitative estimate of drug-likeness (QED) is 0.749. The van der Waals surface area contributed by atoms with E-state index in [9.17, 15) is 10.1 Å². The average molecular weight is 341 g/mol. The lowest BCUT2D eigenvalue weighted by Gasteiger charge is -2.39. The van der Waals surface area contributed by atoms with Crippen LogP contribution in [0.2, 0.25) is 0 Å². The Hall–Kier alpha value is -2.14. The summed E-state index contributed by atoms with van der Waals surface area (Å²) in [5, 5.41) is 18.0. The first-order valence-electron chi connectivity index (χ1n) is 8.89. The molecule has 1 aromatic carbocycles. The molecule has 3 N–H and O–H groups in total. The van der Waals surface area contributed by atoms with Crippen molar-refractivity contribution >= 4 is 11.6 Å². The molecule has 1 aromatic rings. The van der Waals surface area contributed by atoms with Crippen LogP contribution in [0.4, 0.5) is 5.69 Å². The summed E-state index contributed by atoms with van der Waals surface area (Å²) in [5.41, 5.74) is 4.44. The summed E-state index contributed by atoms with van der Waals surface area (Å²) in [5.74, 6) is -0.220. The van der Waals surface area contributed by atoms with Crippen molar-refractivity contribution in [3.63, 3.8) is 0 Å². The van der Waals surface area contributed by atoms with Gasteiger partial charge in [0, 0.05) is 24.9 Å². The fraction of sp³-hybridized carbons (Fsp3) is 0.556. The molecule has 7 heteroatoms. The molecule has 3 fully saturated rings. The number of piperidine rings is 1. The smallest absolute Gasteiger partial charge is 0.228 e. The second kappa shape index (κ2) is 7.00. The van der Waals surface area contributed by atoms with Gasteiger partial charge in [0.2, 0.25) is 5.91 Å². The molecule has 5 atom stereocenters. The number of hydrogen-bond donors (Lipinski definition) is 3. The van der Waals surface area contributed by atoms with Crippen molar-refractivity contribution in [1.82, 2.24) is 15.8 Å². The van der Waals surface area contributed by atoms with Crippen LogP contribution in [0.5, 0.6) is 0 Å². The summed E-state index contributed by atoms with van der Waals surface area (Å²) in [6.45, 7) is 1.82. The van der Waals surface area contributed by atoms with Gasteiger partial charge in [-0.25, -0.2) is 10.4 Å². The van der Waals surface area contributed by atoms with Gasteiger partial charge in [0.25, 0.3) is 0 Å². The van der Waals surface area contributed by atoms with Crippen LogP contribution < -0.4 is 16.1 Å². The van der Waals surface area contributed by atoms with Gasteiger partial charge >= 0.3 is 0 Å². The van der Waals surface area contributed by atoms with Gasteiger partial charge < -0.3 is 15.4 Å². The minimum Gasteiger partial charge on any atom is -0.380 e. The Kier molecular flexibility index (Phi) is 4.57. The van der Waals surface area contributed by atoms with Crippen LogP contribution in [0, 0.1) is 23.2 Å². The number of carbonyl (C=O) groups excluding carboxylic acids is 1. The first kappa shape index (κ1) is 16.3. The van der Waals surface area contributed by atoms with Crippen LogP contribution in [-0.2, 0) is 9.53 Å². The van der Waals surface area contributed by atoms with E-state index < -0.39 is 0 Å². The number of fused-ring (bicyclic) bond motifs is 1. The van der Waals surface area contributed by atoms with Gasteiger partial charge in [0.05, 0.1) is 30.6 Å². The monoisotopic (exact) mass is 341 g/mol. The van der Waals surface area contributed by atoms with Crippen molar-refractivity contribution in [1.29, 1.82) is 5.26 Å². The number of benzene rings is 1. The zero-order valence-electron chi connectivity index (χ0n) is 14.0. The Labute approximate surface area is 147 Å². The van der Waals surface area contributed by atoms with Gasteiger partial charge in [-0.05, 0) is 25.0 Å². The lowest BCUT2D eigenvalue weighted by atomic mass is 9.88. The van der Waals surface area contributed by atoms with Gasteiger partial charge in [-0.2, -0.15) is 5.26 Å². The van der Waals surface area contributed by atoms with Crippen molar-refractivity contribution < 1.29 is 9.53 Å². The van der Waals surface area contributed by atoms with E-state index in [2.05, 4.69) is 27.1 Å². The molecule has 3 aliphatic rings. The number of hydrogen-bond acceptors (Lipinski definition) is 6. The molecule has 0 spiro atoms. The number of nitriles is 1. The predicted octanol–water partition coefficient (Wildman–Crippen LogP) is 0.678. The topological polar surface area (TPSA) is 89.4 Å². The standard InChI is InChI=1S/C18H23N5O2/c19-10-12-7-9-25-11-15(12)23-14-6-8-20-18(24)16(14)17(22-23)21-13-4-2-1-3-5-13/h1-5,12,14-17,21-22H,6-9,11H2,(H,20,24)/t12-,14?,15+,16?,17?/m1/s1. The SMILES string of the molecule is N#C[C@H]1CCOC[C@@H]1N1NC(Nc2ccccc2)C2C(=O)NCCC21. The Bertz CT molecular complexity index is 661. The molecule has 0 aliphatic carbocycles. The number of hydrazine groups is 1. The molecular formula is C18H23N5O2. The number of nitrogens with zero attached hydrogens (tertiary/aromatic N) is 2. The lowest BCUT2D eigenvalue weighted by Crippen LogP contribution is -2.56. The fourth-order valence-corrected chi connectivity index (χ4v) is 4.16. The zero-order chi connectivity index (χ0) is 17.2. The Morgan fingerprint density at radius 3 is 2.88 bits per heavy atom. The summed E-state index contributed by atoms with van der Waals surface area (Å²) >= 11 is 0. The second-order valence-electron chi connectivity index (χ2n) is 6.86. The Morgan fingerprint density at radius 2 is 2.08 bits per heavy atom. The van der Waals surface area contributed by atoms with Crippen LogP contribution in [0.25, 0.3) is 0 Å². The van der Waals surface area contributed by atoms with Gasteiger partial charge in [0.1, 0.15) is 6.17 Å². The van der Waals surface area contributed by atoms with Gasteiger partial charge in [-0.1, -0.05) is 18.2 Å². The molecule has 0 aromatic heterocycles. The predicted molar refractivity (Wildman–Crippen MR) is 92.1 cm³/mol. The number of anilines is 1. The number of amides is 1. The maximum atomic E-state index is 12.5. The molecule has 0 bridgehead atoms. The molecule has 25 heavy (non-hydrogen) atoms. The van der Waals surface area contributed by atoms with Crippen LogP contribution in [0.3, 0.4) is 0 Å². The largest absolute Gasteiger partial charge is 0.380 e. The molecule has 132 valence electrons. The molecule has 1 amide bonds. The van der Waals surface area contributed by atoms with Gasteiger partial charge in [-0.3, -0.25) is 4.79 Å². The van der Waals surface area contributed by atoms with Crippen LogP contribution in [-0.4, -0.2) is 48.9 Å². The molecule has 3 heterocycles. The summed E-state index contributed by atoms with van der Waals surface area (Å²) < 4.78 is 5.63. The molecule has 3 saturated heterocycles. The third-order valence-corrected chi connectivity index (χ3v) is 5.41. The van der Waals surface area contributed by atoms with Crippen molar-refractivity contribution in [3.8, 4) is 6.07 Å². The van der Waals surface area contributed by atoms with E-state index in [4.69, 9.17) is 4.74 Å². The molecular weight excluding hydrogens is 318 g/mol. The summed E-state index contributed by atoms with van der Waals surface area (Å²) in [7, 11) is 0. The first-order valence-corrected chi connectivity index (χ1v) is 8.89. The number of rotatable bonds is 3. The summed E-state index contributed by atoms with van der Waals surface area (Å²) in [6.07, 6.45) is 1.40. The first-order chi connectivity index (χ1) is 12.3. The highest BCUT2D eigenvalue weighted by molar-refractivity contribution is 5.82. The summed E-state index contributed by atoms with van der Waals surface area (Å²) in [6, 6.07) is 12.3. The molecule has 7 nitrogen and oxygen atoms in total. The van der Waals surface area contributed by atoms with Crippen molar-refractivity contribution in [3.05, 3.63) is 30.3 Å². The van der Waals surface area contributed by atoms with Crippen LogP contribution in [0.15, 0.2) is 30.3 Å². The van der Waals surface area contributed by atoms with Crippen LogP contribution in [0.1, 0.15) is 12.8 Å². The molecule has 3 aliphatic heterocycles. The van der Waals surface area contributed by atoms with E-state index in [1.54, 1.807) is 0 Å². The van der Waals surface area contributed by atoms with E-state index in [1.165, 1.54) is 0 Å². The fourth-order valence-electron chi connectivity index (χ4n) is 4.16. The third kappa shape index (κ3) is 3.09. The minimum absolute atomic E-state index is 0.0280. The van der Waals surface area contributed by atoms with E-state index >= 15 is 0 Å². The number of ether oxygens (including phenoxy) is 1. The second-order valence-corrected chi connectivity index (χ2v) is 6.86. The number of carbonyl (C=O) groups is 1. The van der Waals surface area contributed by atoms with E-state index in [1.807, 2.05) is 30.3 Å². The van der Waals surface area contributed by atoms with E-state index in [0.717, 1.165) is 18.5 Å². The van der Waals surface area contributed by atoms with E-state index in [-0.39, 0.29) is 36.0 Å². The average Bonchev–Trinajstić information content (AvgIpc) is 3.02. The van der Waals surface area contributed by atoms with Crippen molar-refractivity contribution in [2.75, 3.05) is 25.1 Å². The minimum atomic E-state index is -0.200. The normalized spacial score (nSPS) is 35.5. The maximum Gasteiger partial charge on any atom is 0.228 e. The highest BCUT2D eigenvalue weighted by Gasteiger charge is 2.51. The summed E-state index contributed by atoms with van der Waals surface area (Å²) in [4.78, 5) is 12.5. The molecule has 0 saturated carbocycles. The highest BCUT2D eigenvalue weighted by Crippen LogP contribution is 2.33.